The van der Waals surface area contributed by atoms with E-state index < -0.39 is 0 Å². The first-order chi connectivity index (χ1) is 9.79. The van der Waals surface area contributed by atoms with Crippen LogP contribution in [0.15, 0.2) is 46.9 Å². The molecule has 0 saturated heterocycles. The van der Waals surface area contributed by atoms with Gasteiger partial charge in [0.1, 0.15) is 11.2 Å². The molecule has 102 valence electrons. The molecule has 4 rings (SSSR count). The molecule has 0 amide bonds. The molecule has 3 aromatic rings. The highest BCUT2D eigenvalue weighted by Gasteiger charge is 2.21. The molecule has 20 heavy (non-hydrogen) atoms. The summed E-state index contributed by atoms with van der Waals surface area (Å²) in [6, 6.07) is 15.3. The highest BCUT2D eigenvalue weighted by atomic mass is 16.3. The van der Waals surface area contributed by atoms with Crippen molar-refractivity contribution in [3.8, 4) is 0 Å². The zero-order valence-corrected chi connectivity index (χ0v) is 11.7. The minimum atomic E-state index is 0.626. The van der Waals surface area contributed by atoms with Gasteiger partial charge in [-0.15, -0.1) is 0 Å². The summed E-state index contributed by atoms with van der Waals surface area (Å²) in [5.74, 6) is 0.853. The van der Waals surface area contributed by atoms with E-state index in [1.54, 1.807) is 0 Å². The molecule has 2 heteroatoms. The summed E-state index contributed by atoms with van der Waals surface area (Å²) in [6.07, 6.45) is 3.91. The van der Waals surface area contributed by atoms with Gasteiger partial charge in [0.25, 0.3) is 0 Å². The Hall–Kier alpha value is -1.96. The van der Waals surface area contributed by atoms with Crippen LogP contribution in [0.5, 0.6) is 0 Å². The minimum Gasteiger partial charge on any atom is -0.456 e. The predicted octanol–water partition coefficient (Wildman–Crippen LogP) is 5.19. The van der Waals surface area contributed by atoms with Crippen LogP contribution in [0.3, 0.4) is 0 Å². The first-order valence-corrected chi connectivity index (χ1v) is 7.47. The maximum absolute atomic E-state index is 5.87. The number of rotatable bonds is 2. The average molecular weight is 265 g/mol. The van der Waals surface area contributed by atoms with Gasteiger partial charge in [0.15, 0.2) is 0 Å². The third-order valence-electron chi connectivity index (χ3n) is 4.44. The highest BCUT2D eigenvalue weighted by Crippen LogP contribution is 2.32. The molecular weight excluding hydrogens is 246 g/mol. The lowest BCUT2D eigenvalue weighted by Crippen LogP contribution is -2.14. The Labute approximate surface area is 118 Å². The van der Waals surface area contributed by atoms with Crippen molar-refractivity contribution in [3.63, 3.8) is 0 Å². The van der Waals surface area contributed by atoms with Gasteiger partial charge in [0.05, 0.1) is 0 Å². The number of anilines is 1. The zero-order valence-electron chi connectivity index (χ0n) is 11.7. The summed E-state index contributed by atoms with van der Waals surface area (Å²) in [5.41, 5.74) is 3.15. The fraction of sp³-hybridized carbons (Fsp3) is 0.333. The molecule has 2 aromatic carbocycles. The van der Waals surface area contributed by atoms with E-state index in [1.807, 2.05) is 12.1 Å². The van der Waals surface area contributed by atoms with Crippen LogP contribution in [0.1, 0.15) is 26.2 Å². The van der Waals surface area contributed by atoms with Gasteiger partial charge in [0.2, 0.25) is 0 Å². The Bertz CT molecular complexity index is 758. The standard InChI is InChI=1S/C18H19NO/c1-12-6-7-13(10-12)19-14-8-9-18-16(11-14)15-4-2-3-5-17(15)20-18/h2-5,8-9,11-13,19H,6-7,10H2,1H3. The third kappa shape index (κ3) is 1.96. The van der Waals surface area contributed by atoms with Crippen LogP contribution in [0.25, 0.3) is 21.9 Å². The molecule has 1 aromatic heterocycles. The Kier molecular flexibility index (Phi) is 2.69. The van der Waals surface area contributed by atoms with E-state index in [9.17, 15) is 0 Å². The van der Waals surface area contributed by atoms with E-state index in [2.05, 4.69) is 42.6 Å². The lowest BCUT2D eigenvalue weighted by atomic mass is 10.1. The second-order valence-electron chi connectivity index (χ2n) is 6.07. The minimum absolute atomic E-state index is 0.626. The molecule has 0 spiro atoms. The van der Waals surface area contributed by atoms with Gasteiger partial charge in [-0.1, -0.05) is 25.1 Å². The molecular formula is C18H19NO. The van der Waals surface area contributed by atoms with Crippen molar-refractivity contribution >= 4 is 27.6 Å². The Morgan fingerprint density at radius 1 is 1.00 bits per heavy atom. The molecule has 1 aliphatic rings. The Morgan fingerprint density at radius 2 is 1.85 bits per heavy atom. The second kappa shape index (κ2) is 4.55. The molecule has 1 N–H and O–H groups in total. The lowest BCUT2D eigenvalue weighted by molar-refractivity contribution is 0.602. The van der Waals surface area contributed by atoms with Crippen molar-refractivity contribution in [2.75, 3.05) is 5.32 Å². The Balaban J connectivity index is 1.72. The second-order valence-corrected chi connectivity index (χ2v) is 6.07. The van der Waals surface area contributed by atoms with Crippen molar-refractivity contribution in [1.82, 2.24) is 0 Å². The van der Waals surface area contributed by atoms with Gasteiger partial charge < -0.3 is 9.73 Å². The molecule has 0 radical (unpaired) electrons. The SMILES string of the molecule is CC1CCC(Nc2ccc3oc4ccccc4c3c2)C1. The third-order valence-corrected chi connectivity index (χ3v) is 4.44. The summed E-state index contributed by atoms with van der Waals surface area (Å²) in [7, 11) is 0. The molecule has 2 nitrogen and oxygen atoms in total. The molecule has 1 heterocycles. The predicted molar refractivity (Wildman–Crippen MR) is 84.1 cm³/mol. The fourth-order valence-corrected chi connectivity index (χ4v) is 3.39. The molecule has 1 saturated carbocycles. The highest BCUT2D eigenvalue weighted by molar-refractivity contribution is 6.05. The Morgan fingerprint density at radius 3 is 2.70 bits per heavy atom. The van der Waals surface area contributed by atoms with Gasteiger partial charge in [-0.25, -0.2) is 0 Å². The van der Waals surface area contributed by atoms with Crippen molar-refractivity contribution in [3.05, 3.63) is 42.5 Å². The van der Waals surface area contributed by atoms with Crippen LogP contribution >= 0.6 is 0 Å². The quantitative estimate of drug-likeness (QED) is 0.690. The van der Waals surface area contributed by atoms with Gasteiger partial charge in [-0.05, 0) is 49.4 Å². The maximum atomic E-state index is 5.87. The number of fused-ring (bicyclic) bond motifs is 3. The van der Waals surface area contributed by atoms with Crippen molar-refractivity contribution in [2.45, 2.75) is 32.2 Å². The first-order valence-electron chi connectivity index (χ1n) is 7.47. The number of benzene rings is 2. The molecule has 0 aliphatic heterocycles. The smallest absolute Gasteiger partial charge is 0.135 e. The van der Waals surface area contributed by atoms with Crippen molar-refractivity contribution in [1.29, 1.82) is 0 Å². The molecule has 1 fully saturated rings. The van der Waals surface area contributed by atoms with Gasteiger partial charge in [0, 0.05) is 22.5 Å². The summed E-state index contributed by atoms with van der Waals surface area (Å²) in [6.45, 7) is 2.34. The first kappa shape index (κ1) is 11.8. The lowest BCUT2D eigenvalue weighted by Gasteiger charge is -2.13. The molecule has 2 unspecified atom stereocenters. The largest absolute Gasteiger partial charge is 0.456 e. The molecule has 0 bridgehead atoms. The van der Waals surface area contributed by atoms with Gasteiger partial charge >= 0.3 is 0 Å². The van der Waals surface area contributed by atoms with Crippen LogP contribution < -0.4 is 5.32 Å². The van der Waals surface area contributed by atoms with Gasteiger partial charge in [-0.3, -0.25) is 0 Å². The molecule has 2 atom stereocenters. The number of para-hydroxylation sites is 1. The monoisotopic (exact) mass is 265 g/mol. The number of hydrogen-bond acceptors (Lipinski definition) is 2. The van der Waals surface area contributed by atoms with Crippen LogP contribution in [-0.2, 0) is 0 Å². The van der Waals surface area contributed by atoms with Gasteiger partial charge in [-0.2, -0.15) is 0 Å². The number of furan rings is 1. The fourth-order valence-electron chi connectivity index (χ4n) is 3.39. The molecule has 1 aliphatic carbocycles. The van der Waals surface area contributed by atoms with Crippen LogP contribution in [-0.4, -0.2) is 6.04 Å². The topological polar surface area (TPSA) is 25.2 Å². The van der Waals surface area contributed by atoms with E-state index in [4.69, 9.17) is 4.42 Å². The summed E-state index contributed by atoms with van der Waals surface area (Å²) in [5, 5.41) is 6.08. The van der Waals surface area contributed by atoms with E-state index >= 15 is 0 Å². The average Bonchev–Trinajstić information content (AvgIpc) is 3.02. The van der Waals surface area contributed by atoms with Crippen molar-refractivity contribution < 1.29 is 4.42 Å². The van der Waals surface area contributed by atoms with Crippen LogP contribution in [0.2, 0.25) is 0 Å². The van der Waals surface area contributed by atoms with E-state index in [0.29, 0.717) is 6.04 Å². The maximum Gasteiger partial charge on any atom is 0.135 e. The van der Waals surface area contributed by atoms with E-state index in [-0.39, 0.29) is 0 Å². The number of hydrogen-bond donors (Lipinski definition) is 1. The van der Waals surface area contributed by atoms with E-state index in [1.165, 1.54) is 35.7 Å². The zero-order chi connectivity index (χ0) is 13.5. The normalized spacial score (nSPS) is 22.6. The summed E-state index contributed by atoms with van der Waals surface area (Å²) in [4.78, 5) is 0. The van der Waals surface area contributed by atoms with E-state index in [0.717, 1.165) is 17.1 Å². The number of nitrogens with one attached hydrogen (secondary N) is 1. The van der Waals surface area contributed by atoms with Crippen LogP contribution in [0, 0.1) is 5.92 Å². The van der Waals surface area contributed by atoms with Crippen LogP contribution in [0.4, 0.5) is 5.69 Å². The van der Waals surface area contributed by atoms with Crippen molar-refractivity contribution in [2.24, 2.45) is 5.92 Å². The summed E-state index contributed by atoms with van der Waals surface area (Å²) >= 11 is 0. The summed E-state index contributed by atoms with van der Waals surface area (Å²) < 4.78 is 5.87.